The van der Waals surface area contributed by atoms with Gasteiger partial charge in [0.25, 0.3) is 0 Å². The lowest BCUT2D eigenvalue weighted by Gasteiger charge is -2.21. The number of fused-ring (bicyclic) bond motifs is 1. The van der Waals surface area contributed by atoms with Crippen LogP contribution in [0, 0.1) is 19.7 Å². The third-order valence-electron chi connectivity index (χ3n) is 3.70. The number of hydrogen-bond acceptors (Lipinski definition) is 2. The van der Waals surface area contributed by atoms with Crippen molar-refractivity contribution in [3.63, 3.8) is 0 Å². The highest BCUT2D eigenvalue weighted by Gasteiger charge is 2.20. The van der Waals surface area contributed by atoms with E-state index in [0.717, 1.165) is 40.8 Å². The SMILES string of the molecule is CCCNc1c(C(C)C)c(C)nc2c(C)cc(F)c(Br)c12. The molecule has 114 valence electrons. The first-order valence-electron chi connectivity index (χ1n) is 7.41. The quantitative estimate of drug-likeness (QED) is 0.763. The van der Waals surface area contributed by atoms with Gasteiger partial charge in [0.05, 0.1) is 15.7 Å². The molecule has 0 radical (unpaired) electrons. The Labute approximate surface area is 134 Å². The molecule has 0 atom stereocenters. The Morgan fingerprint density at radius 2 is 2.00 bits per heavy atom. The standard InChI is InChI=1S/C17H22BrFN2/c1-6-7-20-17-13(9(2)3)11(5)21-16-10(4)8-12(19)15(18)14(16)17/h8-9H,6-7H2,1-5H3,(H,20,21). The van der Waals surface area contributed by atoms with Crippen LogP contribution in [0.25, 0.3) is 10.9 Å². The van der Waals surface area contributed by atoms with E-state index in [9.17, 15) is 4.39 Å². The average Bonchev–Trinajstić information content (AvgIpc) is 2.41. The fourth-order valence-electron chi connectivity index (χ4n) is 2.80. The third-order valence-corrected chi connectivity index (χ3v) is 4.48. The van der Waals surface area contributed by atoms with Gasteiger partial charge in [-0.25, -0.2) is 4.39 Å². The Hall–Kier alpha value is -1.16. The van der Waals surface area contributed by atoms with Crippen molar-refractivity contribution in [2.75, 3.05) is 11.9 Å². The fourth-order valence-corrected chi connectivity index (χ4v) is 3.30. The smallest absolute Gasteiger partial charge is 0.138 e. The molecule has 1 aromatic carbocycles. The molecule has 0 aliphatic rings. The number of pyridine rings is 1. The first-order valence-corrected chi connectivity index (χ1v) is 8.20. The van der Waals surface area contributed by atoms with Gasteiger partial charge in [-0.1, -0.05) is 20.8 Å². The first kappa shape index (κ1) is 16.2. The molecule has 2 aromatic rings. The van der Waals surface area contributed by atoms with Gasteiger partial charge < -0.3 is 5.32 Å². The van der Waals surface area contributed by atoms with Crippen LogP contribution in [0.4, 0.5) is 10.1 Å². The summed E-state index contributed by atoms with van der Waals surface area (Å²) in [5.74, 6) is 0.0941. The van der Waals surface area contributed by atoms with Gasteiger partial charge in [-0.05, 0) is 59.3 Å². The monoisotopic (exact) mass is 352 g/mol. The van der Waals surface area contributed by atoms with Gasteiger partial charge in [0.1, 0.15) is 5.82 Å². The van der Waals surface area contributed by atoms with Crippen LogP contribution < -0.4 is 5.32 Å². The predicted octanol–water partition coefficient (Wildman–Crippen LogP) is 5.70. The minimum Gasteiger partial charge on any atom is -0.384 e. The zero-order valence-corrected chi connectivity index (χ0v) is 14.9. The minimum atomic E-state index is -0.236. The molecule has 2 nitrogen and oxygen atoms in total. The van der Waals surface area contributed by atoms with Crippen molar-refractivity contribution >= 4 is 32.5 Å². The van der Waals surface area contributed by atoms with Gasteiger partial charge in [0, 0.05) is 17.6 Å². The van der Waals surface area contributed by atoms with Crippen molar-refractivity contribution in [1.29, 1.82) is 0 Å². The molecule has 1 heterocycles. The van der Waals surface area contributed by atoms with Crippen LogP contribution in [0.1, 0.15) is 49.9 Å². The lowest BCUT2D eigenvalue weighted by Crippen LogP contribution is -2.09. The van der Waals surface area contributed by atoms with E-state index in [0.29, 0.717) is 10.4 Å². The molecule has 1 aromatic heterocycles. The van der Waals surface area contributed by atoms with E-state index in [1.165, 1.54) is 11.6 Å². The largest absolute Gasteiger partial charge is 0.384 e. The Bertz CT molecular complexity index is 681. The van der Waals surface area contributed by atoms with Crippen LogP contribution in [0.15, 0.2) is 10.5 Å². The van der Waals surface area contributed by atoms with Crippen LogP contribution >= 0.6 is 15.9 Å². The summed E-state index contributed by atoms with van der Waals surface area (Å²) in [6.45, 7) is 11.2. The van der Waals surface area contributed by atoms with E-state index in [1.807, 2.05) is 13.8 Å². The number of hydrogen-bond donors (Lipinski definition) is 1. The van der Waals surface area contributed by atoms with Gasteiger partial charge in [-0.15, -0.1) is 0 Å². The van der Waals surface area contributed by atoms with E-state index < -0.39 is 0 Å². The van der Waals surface area contributed by atoms with Gasteiger partial charge in [-0.2, -0.15) is 0 Å². The van der Waals surface area contributed by atoms with Crippen molar-refractivity contribution in [1.82, 2.24) is 4.98 Å². The zero-order chi connectivity index (χ0) is 15.7. The second-order valence-corrected chi connectivity index (χ2v) is 6.57. The van der Waals surface area contributed by atoms with Gasteiger partial charge in [0.2, 0.25) is 0 Å². The lowest BCUT2D eigenvalue weighted by molar-refractivity contribution is 0.622. The van der Waals surface area contributed by atoms with E-state index in [1.54, 1.807) is 0 Å². The molecular formula is C17H22BrFN2. The van der Waals surface area contributed by atoms with E-state index in [2.05, 4.69) is 42.0 Å². The molecule has 0 unspecified atom stereocenters. The maximum absolute atomic E-state index is 14.1. The molecule has 2 rings (SSSR count). The highest BCUT2D eigenvalue weighted by molar-refractivity contribution is 9.10. The van der Waals surface area contributed by atoms with E-state index in [4.69, 9.17) is 4.98 Å². The predicted molar refractivity (Wildman–Crippen MR) is 91.7 cm³/mol. The van der Waals surface area contributed by atoms with Crippen LogP contribution in [-0.4, -0.2) is 11.5 Å². The van der Waals surface area contributed by atoms with Crippen molar-refractivity contribution in [3.8, 4) is 0 Å². The molecule has 0 aliphatic carbocycles. The van der Waals surface area contributed by atoms with Crippen LogP contribution in [0.2, 0.25) is 0 Å². The molecule has 4 heteroatoms. The number of nitrogens with zero attached hydrogens (tertiary/aromatic N) is 1. The topological polar surface area (TPSA) is 24.9 Å². The average molecular weight is 353 g/mol. The number of aryl methyl sites for hydroxylation is 2. The summed E-state index contributed by atoms with van der Waals surface area (Å²) in [6, 6.07) is 1.54. The van der Waals surface area contributed by atoms with Crippen LogP contribution in [0.3, 0.4) is 0 Å². The Morgan fingerprint density at radius 3 is 2.57 bits per heavy atom. The second-order valence-electron chi connectivity index (χ2n) is 5.78. The van der Waals surface area contributed by atoms with Gasteiger partial charge in [-0.3, -0.25) is 4.98 Å². The van der Waals surface area contributed by atoms with Crippen LogP contribution in [0.5, 0.6) is 0 Å². The Morgan fingerprint density at radius 1 is 1.33 bits per heavy atom. The molecule has 0 saturated heterocycles. The Balaban J connectivity index is 2.91. The highest BCUT2D eigenvalue weighted by atomic mass is 79.9. The third kappa shape index (κ3) is 2.91. The molecule has 0 fully saturated rings. The minimum absolute atomic E-state index is 0.236. The molecule has 0 spiro atoms. The maximum atomic E-state index is 14.1. The highest BCUT2D eigenvalue weighted by Crippen LogP contribution is 2.39. The number of rotatable bonds is 4. The van der Waals surface area contributed by atoms with Crippen molar-refractivity contribution in [2.45, 2.75) is 47.0 Å². The summed E-state index contributed by atoms with van der Waals surface area (Å²) in [7, 11) is 0. The number of benzene rings is 1. The number of aromatic nitrogens is 1. The summed E-state index contributed by atoms with van der Waals surface area (Å²) < 4.78 is 14.6. The summed E-state index contributed by atoms with van der Waals surface area (Å²) in [6.07, 6.45) is 1.02. The summed E-state index contributed by atoms with van der Waals surface area (Å²) in [5.41, 5.74) is 4.93. The van der Waals surface area contributed by atoms with E-state index in [-0.39, 0.29) is 5.82 Å². The summed E-state index contributed by atoms with van der Waals surface area (Å²) >= 11 is 3.41. The van der Waals surface area contributed by atoms with Crippen LogP contribution in [-0.2, 0) is 0 Å². The molecule has 0 saturated carbocycles. The van der Waals surface area contributed by atoms with Crippen molar-refractivity contribution in [3.05, 3.63) is 33.2 Å². The zero-order valence-electron chi connectivity index (χ0n) is 13.3. The Kier molecular flexibility index (Phi) is 4.87. The van der Waals surface area contributed by atoms with Crippen molar-refractivity contribution in [2.24, 2.45) is 0 Å². The number of halogens is 2. The van der Waals surface area contributed by atoms with E-state index >= 15 is 0 Å². The van der Waals surface area contributed by atoms with Gasteiger partial charge in [0.15, 0.2) is 0 Å². The molecule has 0 bridgehead atoms. The molecule has 0 amide bonds. The number of nitrogens with one attached hydrogen (secondary N) is 1. The maximum Gasteiger partial charge on any atom is 0.138 e. The van der Waals surface area contributed by atoms with Crippen molar-refractivity contribution < 1.29 is 4.39 Å². The molecule has 21 heavy (non-hydrogen) atoms. The van der Waals surface area contributed by atoms with Gasteiger partial charge >= 0.3 is 0 Å². The number of anilines is 1. The molecule has 1 N–H and O–H groups in total. The lowest BCUT2D eigenvalue weighted by atomic mass is 9.95. The second kappa shape index (κ2) is 6.30. The summed E-state index contributed by atoms with van der Waals surface area (Å²) in [4.78, 5) is 4.73. The molecular weight excluding hydrogens is 331 g/mol. The molecule has 0 aliphatic heterocycles. The first-order chi connectivity index (χ1) is 9.88. The summed E-state index contributed by atoms with van der Waals surface area (Å²) in [5, 5.41) is 4.34. The normalized spacial score (nSPS) is 11.4. The fraction of sp³-hybridized carbons (Fsp3) is 0.471.